The van der Waals surface area contributed by atoms with Crippen molar-refractivity contribution < 1.29 is 14.7 Å². The second-order valence-corrected chi connectivity index (χ2v) is 6.78. The molecule has 0 aliphatic carbocycles. The summed E-state index contributed by atoms with van der Waals surface area (Å²) in [6, 6.07) is 6.93. The Bertz CT molecular complexity index is 634. The van der Waals surface area contributed by atoms with Gasteiger partial charge in [0.1, 0.15) is 6.04 Å². The van der Waals surface area contributed by atoms with Gasteiger partial charge in [-0.1, -0.05) is 38.5 Å². The zero-order valence-electron chi connectivity index (χ0n) is 14.2. The van der Waals surface area contributed by atoms with Crippen LogP contribution in [0, 0.1) is 5.92 Å². The highest BCUT2D eigenvalue weighted by atomic mass is 16.3. The van der Waals surface area contributed by atoms with Gasteiger partial charge in [0.25, 0.3) is 0 Å². The van der Waals surface area contributed by atoms with Gasteiger partial charge in [-0.25, -0.2) is 4.79 Å². The summed E-state index contributed by atoms with van der Waals surface area (Å²) in [4.78, 5) is 29.2. The Balaban J connectivity index is 1.94. The minimum atomic E-state index is -0.507. The number of hydrogen-bond donors (Lipinski definition) is 2. The molecule has 3 atom stereocenters. The molecular formula is C18H25N3O3. The maximum atomic E-state index is 13.0. The van der Waals surface area contributed by atoms with Crippen molar-refractivity contribution >= 4 is 17.6 Å². The maximum Gasteiger partial charge on any atom is 0.321 e. The Labute approximate surface area is 142 Å². The molecule has 1 unspecified atom stereocenters. The number of anilines is 1. The topological polar surface area (TPSA) is 72.9 Å². The van der Waals surface area contributed by atoms with Crippen molar-refractivity contribution in [2.45, 2.75) is 45.4 Å². The second-order valence-electron chi connectivity index (χ2n) is 6.78. The zero-order chi connectivity index (χ0) is 17.3. The molecule has 0 spiro atoms. The van der Waals surface area contributed by atoms with Crippen LogP contribution in [-0.2, 0) is 11.3 Å². The summed E-state index contributed by atoms with van der Waals surface area (Å²) in [5.41, 5.74) is 1.71. The number of β-amino-alcohol motifs (C(OH)–C–C–N with tert-alkyl or cyclic N) is 1. The summed E-state index contributed by atoms with van der Waals surface area (Å²) < 4.78 is 0. The van der Waals surface area contributed by atoms with Crippen LogP contribution in [0.15, 0.2) is 24.3 Å². The number of likely N-dealkylation sites (tertiary alicyclic amines) is 1. The number of nitrogens with zero attached hydrogens (tertiary/aromatic N) is 2. The Morgan fingerprint density at radius 1 is 1.42 bits per heavy atom. The van der Waals surface area contributed by atoms with Gasteiger partial charge in [-0.05, 0) is 24.0 Å². The van der Waals surface area contributed by atoms with Crippen molar-refractivity contribution in [3.05, 3.63) is 29.8 Å². The molecule has 2 aliphatic rings. The van der Waals surface area contributed by atoms with Crippen LogP contribution in [0.2, 0.25) is 0 Å². The van der Waals surface area contributed by atoms with Gasteiger partial charge in [0, 0.05) is 18.8 Å². The molecule has 1 aromatic rings. The standard InChI is InChI=1S/C18H25N3O3/c1-3-12(2)16-17(23)19-15-7-5-4-6-13(15)10-21(16)18(24)20-9-8-14(22)11-20/h4-7,12,14,16,22H,3,8-11H2,1-2H3,(H,19,23)/t12-,14?,16-/m0/s1. The van der Waals surface area contributed by atoms with E-state index in [4.69, 9.17) is 0 Å². The monoisotopic (exact) mass is 331 g/mol. The highest BCUT2D eigenvalue weighted by molar-refractivity contribution is 5.98. The van der Waals surface area contributed by atoms with Gasteiger partial charge in [0.2, 0.25) is 5.91 Å². The highest BCUT2D eigenvalue weighted by Gasteiger charge is 2.39. The minimum Gasteiger partial charge on any atom is -0.391 e. The summed E-state index contributed by atoms with van der Waals surface area (Å²) in [6.07, 6.45) is 0.932. The van der Waals surface area contributed by atoms with E-state index < -0.39 is 12.1 Å². The first kappa shape index (κ1) is 16.8. The Morgan fingerprint density at radius 3 is 2.83 bits per heavy atom. The quantitative estimate of drug-likeness (QED) is 0.871. The van der Waals surface area contributed by atoms with Gasteiger partial charge in [0.15, 0.2) is 0 Å². The normalized spacial score (nSPS) is 25.0. The fourth-order valence-corrected chi connectivity index (χ4v) is 3.48. The minimum absolute atomic E-state index is 0.0517. The molecule has 0 radical (unpaired) electrons. The third-order valence-corrected chi connectivity index (χ3v) is 5.08. The lowest BCUT2D eigenvalue weighted by atomic mass is 9.97. The summed E-state index contributed by atoms with van der Waals surface area (Å²) in [7, 11) is 0. The van der Waals surface area contributed by atoms with E-state index >= 15 is 0 Å². The molecule has 2 N–H and O–H groups in total. The molecule has 3 amide bonds. The second kappa shape index (κ2) is 6.81. The third-order valence-electron chi connectivity index (χ3n) is 5.08. The van der Waals surface area contributed by atoms with Crippen molar-refractivity contribution in [3.8, 4) is 0 Å². The van der Waals surface area contributed by atoms with Crippen LogP contribution in [0.5, 0.6) is 0 Å². The number of benzene rings is 1. The van der Waals surface area contributed by atoms with Crippen molar-refractivity contribution in [2.75, 3.05) is 18.4 Å². The van der Waals surface area contributed by atoms with E-state index in [-0.39, 0.29) is 17.9 Å². The zero-order valence-corrected chi connectivity index (χ0v) is 14.2. The van der Waals surface area contributed by atoms with E-state index in [1.54, 1.807) is 9.80 Å². The van der Waals surface area contributed by atoms with Crippen LogP contribution < -0.4 is 5.32 Å². The smallest absolute Gasteiger partial charge is 0.321 e. The van der Waals surface area contributed by atoms with Gasteiger partial charge in [-0.3, -0.25) is 4.79 Å². The molecule has 24 heavy (non-hydrogen) atoms. The molecule has 0 aromatic heterocycles. The fourth-order valence-electron chi connectivity index (χ4n) is 3.48. The number of rotatable bonds is 2. The van der Waals surface area contributed by atoms with Crippen LogP contribution in [0.1, 0.15) is 32.3 Å². The maximum absolute atomic E-state index is 13.0. The van der Waals surface area contributed by atoms with E-state index in [1.807, 2.05) is 38.1 Å². The number of fused-ring (bicyclic) bond motifs is 1. The van der Waals surface area contributed by atoms with Crippen molar-refractivity contribution in [3.63, 3.8) is 0 Å². The number of para-hydroxylation sites is 1. The van der Waals surface area contributed by atoms with Crippen LogP contribution >= 0.6 is 0 Å². The lowest BCUT2D eigenvalue weighted by Crippen LogP contribution is -2.53. The van der Waals surface area contributed by atoms with Crippen LogP contribution in [-0.4, -0.2) is 52.1 Å². The Hall–Kier alpha value is -2.08. The van der Waals surface area contributed by atoms with E-state index in [1.165, 1.54) is 0 Å². The molecule has 1 aromatic carbocycles. The fraction of sp³-hybridized carbons (Fsp3) is 0.556. The summed E-state index contributed by atoms with van der Waals surface area (Å²) in [5.74, 6) is -0.0850. The Morgan fingerprint density at radius 2 is 2.17 bits per heavy atom. The summed E-state index contributed by atoms with van der Waals surface area (Å²) in [5, 5.41) is 12.7. The number of hydrogen-bond acceptors (Lipinski definition) is 3. The lowest BCUT2D eigenvalue weighted by molar-refractivity contribution is -0.122. The van der Waals surface area contributed by atoms with Crippen LogP contribution in [0.4, 0.5) is 10.5 Å². The van der Waals surface area contributed by atoms with Crippen molar-refractivity contribution in [1.82, 2.24) is 9.80 Å². The molecule has 0 bridgehead atoms. The molecule has 1 saturated heterocycles. The van der Waals surface area contributed by atoms with Gasteiger partial charge in [-0.2, -0.15) is 0 Å². The first-order valence-electron chi connectivity index (χ1n) is 8.63. The Kier molecular flexibility index (Phi) is 4.76. The first-order chi connectivity index (χ1) is 11.5. The molecule has 130 valence electrons. The summed E-state index contributed by atoms with van der Waals surface area (Å²) >= 11 is 0. The van der Waals surface area contributed by atoms with Gasteiger partial charge >= 0.3 is 6.03 Å². The number of urea groups is 1. The lowest BCUT2D eigenvalue weighted by Gasteiger charge is -2.35. The molecule has 6 nitrogen and oxygen atoms in total. The van der Waals surface area contributed by atoms with E-state index in [0.29, 0.717) is 26.1 Å². The number of aliphatic hydroxyl groups is 1. The molecule has 3 rings (SSSR count). The third kappa shape index (κ3) is 3.11. The molecule has 6 heteroatoms. The van der Waals surface area contributed by atoms with Crippen molar-refractivity contribution in [2.24, 2.45) is 5.92 Å². The van der Waals surface area contributed by atoms with Crippen molar-refractivity contribution in [1.29, 1.82) is 0 Å². The summed E-state index contributed by atoms with van der Waals surface area (Å²) in [6.45, 7) is 5.30. The van der Waals surface area contributed by atoms with Gasteiger partial charge in [-0.15, -0.1) is 0 Å². The molecule has 0 saturated carbocycles. The molecule has 1 fully saturated rings. The number of amides is 3. The van der Waals surface area contributed by atoms with E-state index in [0.717, 1.165) is 17.7 Å². The van der Waals surface area contributed by atoms with E-state index in [2.05, 4.69) is 5.32 Å². The van der Waals surface area contributed by atoms with Crippen LogP contribution in [0.3, 0.4) is 0 Å². The largest absolute Gasteiger partial charge is 0.391 e. The average molecular weight is 331 g/mol. The predicted molar refractivity (Wildman–Crippen MR) is 91.5 cm³/mol. The molecule has 2 aliphatic heterocycles. The number of aliphatic hydroxyl groups excluding tert-OH is 1. The number of nitrogens with one attached hydrogen (secondary N) is 1. The van der Waals surface area contributed by atoms with Crippen LogP contribution in [0.25, 0.3) is 0 Å². The molecular weight excluding hydrogens is 306 g/mol. The number of carbonyl (C=O) groups excluding carboxylic acids is 2. The molecule has 2 heterocycles. The van der Waals surface area contributed by atoms with Gasteiger partial charge in [0.05, 0.1) is 12.6 Å². The average Bonchev–Trinajstić information content (AvgIpc) is 2.94. The van der Waals surface area contributed by atoms with Gasteiger partial charge < -0.3 is 20.2 Å². The predicted octanol–water partition coefficient (Wildman–Crippen LogP) is 2.04. The first-order valence-corrected chi connectivity index (χ1v) is 8.63. The number of carbonyl (C=O) groups is 2. The van der Waals surface area contributed by atoms with E-state index in [9.17, 15) is 14.7 Å². The SMILES string of the molecule is CC[C@H](C)[C@H]1C(=O)Nc2ccccc2CN1C(=O)N1CCC(O)C1. The highest BCUT2D eigenvalue weighted by Crippen LogP contribution is 2.28.